The third-order valence-electron chi connectivity index (χ3n) is 2.68. The van der Waals surface area contributed by atoms with Crippen LogP contribution < -0.4 is 5.32 Å². The first-order valence-corrected chi connectivity index (χ1v) is 5.65. The number of nitrogens with one attached hydrogen (secondary N) is 1. The first-order valence-electron chi connectivity index (χ1n) is 5.65. The van der Waals surface area contributed by atoms with Gasteiger partial charge in [0.1, 0.15) is 6.10 Å². The molecule has 0 bridgehead atoms. The lowest BCUT2D eigenvalue weighted by Gasteiger charge is -2.39. The fourth-order valence-corrected chi connectivity index (χ4v) is 2.04. The van der Waals surface area contributed by atoms with Crippen LogP contribution in [0.5, 0.6) is 0 Å². The fourth-order valence-electron chi connectivity index (χ4n) is 2.04. The molecular formula is C11H21NO4. The largest absolute Gasteiger partial charge is 0.374 e. The van der Waals surface area contributed by atoms with E-state index in [-0.39, 0.29) is 30.4 Å². The number of carbonyl (C=O) groups is 1. The summed E-state index contributed by atoms with van der Waals surface area (Å²) >= 11 is 0. The smallest absolute Gasteiger partial charge is 0.217 e. The minimum Gasteiger partial charge on any atom is -0.374 e. The van der Waals surface area contributed by atoms with Crippen molar-refractivity contribution >= 4 is 5.91 Å². The van der Waals surface area contributed by atoms with Crippen LogP contribution >= 0.6 is 0 Å². The Hall–Kier alpha value is -0.650. The highest BCUT2D eigenvalue weighted by atomic mass is 16.7. The molecule has 0 aromatic heterocycles. The molecule has 1 fully saturated rings. The van der Waals surface area contributed by atoms with E-state index in [9.17, 15) is 4.79 Å². The van der Waals surface area contributed by atoms with E-state index >= 15 is 0 Å². The molecular weight excluding hydrogens is 210 g/mol. The van der Waals surface area contributed by atoms with E-state index in [1.165, 1.54) is 6.92 Å². The second kappa shape index (κ2) is 6.18. The molecule has 94 valence electrons. The third kappa shape index (κ3) is 3.43. The van der Waals surface area contributed by atoms with Gasteiger partial charge in [-0.15, -0.1) is 0 Å². The molecule has 16 heavy (non-hydrogen) atoms. The van der Waals surface area contributed by atoms with Crippen LogP contribution in [0.4, 0.5) is 0 Å². The van der Waals surface area contributed by atoms with Crippen molar-refractivity contribution in [2.75, 3.05) is 13.7 Å². The lowest BCUT2D eigenvalue weighted by molar-refractivity contribution is -0.223. The van der Waals surface area contributed by atoms with E-state index in [1.807, 2.05) is 13.8 Å². The van der Waals surface area contributed by atoms with Crippen LogP contribution in [0, 0.1) is 0 Å². The summed E-state index contributed by atoms with van der Waals surface area (Å²) in [4.78, 5) is 11.1. The van der Waals surface area contributed by atoms with Gasteiger partial charge in [0.05, 0.1) is 12.1 Å². The van der Waals surface area contributed by atoms with Crippen molar-refractivity contribution in [1.82, 2.24) is 5.32 Å². The van der Waals surface area contributed by atoms with Gasteiger partial charge < -0.3 is 19.5 Å². The van der Waals surface area contributed by atoms with Gasteiger partial charge in [-0.2, -0.15) is 0 Å². The van der Waals surface area contributed by atoms with Crippen LogP contribution in [-0.4, -0.2) is 44.2 Å². The lowest BCUT2D eigenvalue weighted by Crippen LogP contribution is -2.55. The van der Waals surface area contributed by atoms with Gasteiger partial charge in [0.25, 0.3) is 0 Å². The molecule has 1 saturated heterocycles. The Balaban J connectivity index is 2.66. The van der Waals surface area contributed by atoms with E-state index in [0.717, 1.165) is 0 Å². The fraction of sp³-hybridized carbons (Fsp3) is 0.909. The van der Waals surface area contributed by atoms with Gasteiger partial charge in [-0.25, -0.2) is 0 Å². The molecule has 0 unspecified atom stereocenters. The highest BCUT2D eigenvalue weighted by Crippen LogP contribution is 2.23. The Kier molecular flexibility index (Phi) is 5.18. The minimum atomic E-state index is -0.274. The maximum Gasteiger partial charge on any atom is 0.217 e. The molecule has 1 aliphatic rings. The molecule has 0 aromatic carbocycles. The molecule has 1 N–H and O–H groups in total. The third-order valence-corrected chi connectivity index (χ3v) is 2.68. The van der Waals surface area contributed by atoms with Crippen molar-refractivity contribution in [2.45, 2.75) is 51.7 Å². The second-order valence-electron chi connectivity index (χ2n) is 3.97. The van der Waals surface area contributed by atoms with E-state index in [0.29, 0.717) is 13.0 Å². The zero-order chi connectivity index (χ0) is 12.1. The Morgan fingerprint density at radius 2 is 2.25 bits per heavy atom. The number of ether oxygens (including phenoxy) is 3. The Morgan fingerprint density at radius 1 is 1.56 bits per heavy atom. The molecule has 1 aliphatic heterocycles. The lowest BCUT2D eigenvalue weighted by atomic mass is 9.99. The summed E-state index contributed by atoms with van der Waals surface area (Å²) in [6.45, 7) is 5.97. The quantitative estimate of drug-likeness (QED) is 0.773. The maximum absolute atomic E-state index is 11.1. The molecule has 0 radical (unpaired) electrons. The molecule has 0 aromatic rings. The highest BCUT2D eigenvalue weighted by Gasteiger charge is 2.37. The number of amides is 1. The van der Waals surface area contributed by atoms with E-state index < -0.39 is 0 Å². The van der Waals surface area contributed by atoms with Gasteiger partial charge in [0.2, 0.25) is 5.91 Å². The van der Waals surface area contributed by atoms with E-state index in [4.69, 9.17) is 14.2 Å². The van der Waals surface area contributed by atoms with Gasteiger partial charge in [0.15, 0.2) is 6.29 Å². The predicted molar refractivity (Wildman–Crippen MR) is 59.0 cm³/mol. The van der Waals surface area contributed by atoms with Crippen molar-refractivity contribution in [1.29, 1.82) is 0 Å². The number of rotatable bonds is 4. The zero-order valence-corrected chi connectivity index (χ0v) is 10.4. The van der Waals surface area contributed by atoms with E-state index in [2.05, 4.69) is 5.32 Å². The van der Waals surface area contributed by atoms with Crippen molar-refractivity contribution in [3.63, 3.8) is 0 Å². The second-order valence-corrected chi connectivity index (χ2v) is 3.97. The Morgan fingerprint density at radius 3 is 2.75 bits per heavy atom. The SMILES string of the molecule is CCO[C@H]1[C@@H](NC(C)=O)C[C@@H](OC)O[C@H]1C. The summed E-state index contributed by atoms with van der Waals surface area (Å²) in [5.41, 5.74) is 0. The van der Waals surface area contributed by atoms with Crippen LogP contribution in [0.3, 0.4) is 0 Å². The standard InChI is InChI=1S/C11H21NO4/c1-5-15-11-7(2)16-10(14-4)6-9(11)12-8(3)13/h7,9-11H,5-6H2,1-4H3,(H,12,13)/t7-,9-,10-,11+/m0/s1. The first-order chi connectivity index (χ1) is 7.58. The van der Waals surface area contributed by atoms with Crippen LogP contribution in [0.25, 0.3) is 0 Å². The van der Waals surface area contributed by atoms with Crippen LogP contribution in [-0.2, 0) is 19.0 Å². The van der Waals surface area contributed by atoms with Crippen molar-refractivity contribution in [3.05, 3.63) is 0 Å². The van der Waals surface area contributed by atoms with Gasteiger partial charge in [-0.1, -0.05) is 0 Å². The Labute approximate surface area is 96.4 Å². The van der Waals surface area contributed by atoms with Gasteiger partial charge in [0, 0.05) is 27.1 Å². The van der Waals surface area contributed by atoms with Crippen molar-refractivity contribution in [3.8, 4) is 0 Å². The highest BCUT2D eigenvalue weighted by molar-refractivity contribution is 5.73. The molecule has 5 heteroatoms. The molecule has 4 atom stereocenters. The average molecular weight is 231 g/mol. The first kappa shape index (κ1) is 13.4. The number of carbonyl (C=O) groups excluding carboxylic acids is 1. The topological polar surface area (TPSA) is 56.8 Å². The number of hydrogen-bond donors (Lipinski definition) is 1. The number of hydrogen-bond acceptors (Lipinski definition) is 4. The minimum absolute atomic E-state index is 0.0499. The normalized spacial score (nSPS) is 34.8. The molecule has 0 aliphatic carbocycles. The van der Waals surface area contributed by atoms with Crippen LogP contribution in [0.2, 0.25) is 0 Å². The van der Waals surface area contributed by atoms with Gasteiger partial charge in [-0.3, -0.25) is 4.79 Å². The van der Waals surface area contributed by atoms with Gasteiger partial charge >= 0.3 is 0 Å². The summed E-state index contributed by atoms with van der Waals surface area (Å²) in [6, 6.07) is -0.0499. The summed E-state index contributed by atoms with van der Waals surface area (Å²) in [7, 11) is 1.60. The molecule has 1 heterocycles. The molecule has 1 rings (SSSR count). The number of methoxy groups -OCH3 is 1. The molecule has 0 spiro atoms. The molecule has 1 amide bonds. The van der Waals surface area contributed by atoms with Crippen LogP contribution in [0.1, 0.15) is 27.2 Å². The average Bonchev–Trinajstić information content (AvgIpc) is 2.22. The zero-order valence-electron chi connectivity index (χ0n) is 10.4. The van der Waals surface area contributed by atoms with Crippen molar-refractivity contribution < 1.29 is 19.0 Å². The van der Waals surface area contributed by atoms with Crippen LogP contribution in [0.15, 0.2) is 0 Å². The summed E-state index contributed by atoms with van der Waals surface area (Å²) in [6.07, 6.45) is 0.143. The summed E-state index contributed by atoms with van der Waals surface area (Å²) in [5, 5.41) is 2.89. The molecule has 5 nitrogen and oxygen atoms in total. The summed E-state index contributed by atoms with van der Waals surface area (Å²) < 4.78 is 16.4. The maximum atomic E-state index is 11.1. The Bertz CT molecular complexity index is 234. The predicted octanol–water partition coefficient (Wildman–Crippen LogP) is 0.677. The van der Waals surface area contributed by atoms with E-state index in [1.54, 1.807) is 7.11 Å². The monoisotopic (exact) mass is 231 g/mol. The molecule has 0 saturated carbocycles. The summed E-state index contributed by atoms with van der Waals surface area (Å²) in [5.74, 6) is -0.0568. The van der Waals surface area contributed by atoms with Crippen molar-refractivity contribution in [2.24, 2.45) is 0 Å². The van der Waals surface area contributed by atoms with Gasteiger partial charge in [-0.05, 0) is 13.8 Å².